The van der Waals surface area contributed by atoms with Gasteiger partial charge in [0.2, 0.25) is 0 Å². The molecule has 8 nitrogen and oxygen atoms in total. The minimum absolute atomic E-state index is 0.194. The first-order valence-corrected chi connectivity index (χ1v) is 9.46. The molecule has 2 aromatic rings. The van der Waals surface area contributed by atoms with Crippen LogP contribution in [0.2, 0.25) is 0 Å². The van der Waals surface area contributed by atoms with Crippen LogP contribution in [-0.2, 0) is 11.2 Å². The van der Waals surface area contributed by atoms with E-state index in [0.717, 1.165) is 18.3 Å². The van der Waals surface area contributed by atoms with E-state index in [1.807, 2.05) is 44.2 Å². The van der Waals surface area contributed by atoms with Gasteiger partial charge < -0.3 is 25.5 Å². The van der Waals surface area contributed by atoms with Gasteiger partial charge in [0.1, 0.15) is 12.0 Å². The van der Waals surface area contributed by atoms with Crippen molar-refractivity contribution < 1.29 is 19.6 Å². The number of carbonyl (C=O) groups excluding carboxylic acids is 2. The van der Waals surface area contributed by atoms with E-state index >= 15 is 0 Å². The highest BCUT2D eigenvalue weighted by Gasteiger charge is 2.21. The van der Waals surface area contributed by atoms with Crippen molar-refractivity contribution in [3.63, 3.8) is 0 Å². The highest BCUT2D eigenvalue weighted by Crippen LogP contribution is 2.04. The summed E-state index contributed by atoms with van der Waals surface area (Å²) in [4.78, 5) is 30.6. The second-order valence-electron chi connectivity index (χ2n) is 6.93. The monoisotopic (exact) mass is 400 g/mol. The quantitative estimate of drug-likeness (QED) is 0.360. The lowest BCUT2D eigenvalue weighted by atomic mass is 9.75. The molecule has 2 atom stereocenters. The summed E-state index contributed by atoms with van der Waals surface area (Å²) in [6, 6.07) is 8.92. The van der Waals surface area contributed by atoms with Gasteiger partial charge in [0, 0.05) is 18.3 Å². The first-order valence-electron chi connectivity index (χ1n) is 9.46. The van der Waals surface area contributed by atoms with Gasteiger partial charge in [-0.1, -0.05) is 44.2 Å². The lowest BCUT2D eigenvalue weighted by Crippen LogP contribution is -2.42. The van der Waals surface area contributed by atoms with E-state index in [0.29, 0.717) is 12.3 Å². The van der Waals surface area contributed by atoms with Gasteiger partial charge in [-0.05, 0) is 31.4 Å². The number of aromatic nitrogens is 2. The molecule has 0 aliphatic rings. The SMILES string of the molecule is CNC(CC(C)C)B(O)O.O=C[C@H](Cc1ccccc1)NC(=O)c1cnccn1. The third-order valence-electron chi connectivity index (χ3n) is 4.03. The van der Waals surface area contributed by atoms with Crippen LogP contribution in [0.5, 0.6) is 0 Å². The number of hydrogen-bond acceptors (Lipinski definition) is 7. The number of nitrogens with one attached hydrogen (secondary N) is 2. The molecule has 0 fully saturated rings. The highest BCUT2D eigenvalue weighted by molar-refractivity contribution is 6.43. The van der Waals surface area contributed by atoms with Crippen LogP contribution in [0.15, 0.2) is 48.9 Å². The Balaban J connectivity index is 0.000000359. The van der Waals surface area contributed by atoms with E-state index in [1.54, 1.807) is 7.05 Å². The highest BCUT2D eigenvalue weighted by atomic mass is 16.4. The second-order valence-corrected chi connectivity index (χ2v) is 6.93. The predicted octanol–water partition coefficient (Wildman–Crippen LogP) is 0.649. The molecule has 2 rings (SSSR count). The van der Waals surface area contributed by atoms with Crippen LogP contribution < -0.4 is 10.6 Å². The molecule has 0 bridgehead atoms. The molecule has 0 radical (unpaired) electrons. The number of carbonyl (C=O) groups is 2. The lowest BCUT2D eigenvalue weighted by molar-refractivity contribution is -0.109. The predicted molar refractivity (Wildman–Crippen MR) is 112 cm³/mol. The average molecular weight is 400 g/mol. The summed E-state index contributed by atoms with van der Waals surface area (Å²) in [5.74, 6) is -0.111. The smallest absolute Gasteiger partial charge is 0.426 e. The van der Waals surface area contributed by atoms with Gasteiger partial charge in [0.15, 0.2) is 0 Å². The Labute approximate surface area is 171 Å². The van der Waals surface area contributed by atoms with Crippen LogP contribution in [0.3, 0.4) is 0 Å². The summed E-state index contributed by atoms with van der Waals surface area (Å²) in [6.07, 6.45) is 6.24. The molecule has 0 aliphatic carbocycles. The molecular formula is C20H29BN4O4. The van der Waals surface area contributed by atoms with Gasteiger partial charge in [-0.3, -0.25) is 9.78 Å². The van der Waals surface area contributed by atoms with Crippen LogP contribution in [0.4, 0.5) is 0 Å². The van der Waals surface area contributed by atoms with E-state index < -0.39 is 19.1 Å². The Hall–Kier alpha value is -2.62. The summed E-state index contributed by atoms with van der Waals surface area (Å²) < 4.78 is 0. The van der Waals surface area contributed by atoms with Gasteiger partial charge in [0.05, 0.1) is 12.2 Å². The van der Waals surface area contributed by atoms with Crippen LogP contribution >= 0.6 is 0 Å². The van der Waals surface area contributed by atoms with E-state index in [9.17, 15) is 9.59 Å². The van der Waals surface area contributed by atoms with E-state index in [2.05, 4.69) is 20.6 Å². The fourth-order valence-electron chi connectivity index (χ4n) is 2.56. The summed E-state index contributed by atoms with van der Waals surface area (Å²) in [5, 5.41) is 23.0. The maximum Gasteiger partial charge on any atom is 0.469 e. The zero-order chi connectivity index (χ0) is 21.6. The maximum atomic E-state index is 11.8. The van der Waals surface area contributed by atoms with Gasteiger partial charge in [-0.15, -0.1) is 0 Å². The molecule has 1 heterocycles. The van der Waals surface area contributed by atoms with Crippen LogP contribution in [0.25, 0.3) is 0 Å². The molecular weight excluding hydrogens is 371 g/mol. The molecule has 0 saturated heterocycles. The van der Waals surface area contributed by atoms with Crippen molar-refractivity contribution in [3.05, 3.63) is 60.2 Å². The summed E-state index contributed by atoms with van der Waals surface area (Å²) in [5.41, 5.74) is 1.18. The Morgan fingerprint density at radius 1 is 1.21 bits per heavy atom. The molecule has 4 N–H and O–H groups in total. The molecule has 0 saturated carbocycles. The molecule has 1 aromatic heterocycles. The van der Waals surface area contributed by atoms with Crippen molar-refractivity contribution in [2.24, 2.45) is 5.92 Å². The Morgan fingerprint density at radius 3 is 2.34 bits per heavy atom. The number of aldehydes is 1. The average Bonchev–Trinajstić information content (AvgIpc) is 2.73. The normalized spacial score (nSPS) is 12.3. The van der Waals surface area contributed by atoms with Gasteiger partial charge in [0.25, 0.3) is 5.91 Å². The zero-order valence-electron chi connectivity index (χ0n) is 17.0. The number of hydrogen-bond donors (Lipinski definition) is 4. The Kier molecular flexibility index (Phi) is 11.4. The summed E-state index contributed by atoms with van der Waals surface area (Å²) >= 11 is 0. The molecule has 0 aliphatic heterocycles. The molecule has 156 valence electrons. The van der Waals surface area contributed by atoms with Crippen molar-refractivity contribution in [1.82, 2.24) is 20.6 Å². The van der Waals surface area contributed by atoms with E-state index in [4.69, 9.17) is 10.0 Å². The second kappa shape index (κ2) is 13.5. The lowest BCUT2D eigenvalue weighted by Gasteiger charge is -2.16. The number of amides is 1. The first kappa shape index (κ1) is 24.4. The molecule has 9 heteroatoms. The molecule has 29 heavy (non-hydrogen) atoms. The third-order valence-corrected chi connectivity index (χ3v) is 4.03. The van der Waals surface area contributed by atoms with Crippen LogP contribution in [-0.4, -0.2) is 58.4 Å². The topological polar surface area (TPSA) is 124 Å². The summed E-state index contributed by atoms with van der Waals surface area (Å²) in [7, 11) is 0.486. The fraction of sp³-hybridized carbons (Fsp3) is 0.400. The fourth-order valence-corrected chi connectivity index (χ4v) is 2.56. The Morgan fingerprint density at radius 2 is 1.90 bits per heavy atom. The first-order chi connectivity index (χ1) is 13.9. The minimum atomic E-state index is -1.24. The van der Waals surface area contributed by atoms with Crippen molar-refractivity contribution in [2.45, 2.75) is 38.7 Å². The largest absolute Gasteiger partial charge is 0.469 e. The number of benzene rings is 1. The standard InChI is InChI=1S/C14H13N3O2.C6H16BNO2/c18-10-12(8-11-4-2-1-3-5-11)17-14(19)13-9-15-6-7-16-13;1-5(2)4-6(8-3)7(9)10/h1-7,9-10,12H,8H2,(H,17,19);5-6,8-10H,4H2,1-3H3/t12-;/m0./s1. The van der Waals surface area contributed by atoms with E-state index in [1.165, 1.54) is 18.6 Å². The molecule has 1 aromatic carbocycles. The van der Waals surface area contributed by atoms with Crippen LogP contribution in [0, 0.1) is 5.92 Å². The van der Waals surface area contributed by atoms with Crippen LogP contribution in [0.1, 0.15) is 36.3 Å². The minimum Gasteiger partial charge on any atom is -0.426 e. The Bertz CT molecular complexity index is 717. The maximum absolute atomic E-state index is 11.8. The van der Waals surface area contributed by atoms with Crippen molar-refractivity contribution in [1.29, 1.82) is 0 Å². The van der Waals surface area contributed by atoms with Crippen molar-refractivity contribution in [2.75, 3.05) is 7.05 Å². The van der Waals surface area contributed by atoms with Crippen molar-refractivity contribution >= 4 is 19.3 Å². The van der Waals surface area contributed by atoms with E-state index in [-0.39, 0.29) is 11.6 Å². The van der Waals surface area contributed by atoms with Gasteiger partial charge >= 0.3 is 7.12 Å². The van der Waals surface area contributed by atoms with Gasteiger partial charge in [-0.25, -0.2) is 4.98 Å². The zero-order valence-corrected chi connectivity index (χ0v) is 17.0. The third kappa shape index (κ3) is 9.93. The molecule has 0 spiro atoms. The van der Waals surface area contributed by atoms with Crippen molar-refractivity contribution in [3.8, 4) is 0 Å². The summed E-state index contributed by atoms with van der Waals surface area (Å²) in [6.45, 7) is 4.10. The molecule has 1 amide bonds. The molecule has 1 unspecified atom stereocenters. The van der Waals surface area contributed by atoms with Gasteiger partial charge in [-0.2, -0.15) is 0 Å². The number of rotatable bonds is 9. The number of nitrogens with zero attached hydrogens (tertiary/aromatic N) is 2.